The number of amides is 2. The van der Waals surface area contributed by atoms with Crippen LogP contribution in [0.1, 0.15) is 17.2 Å². The molecule has 4 rings (SSSR count). The van der Waals surface area contributed by atoms with Crippen LogP contribution in [0.3, 0.4) is 0 Å². The Morgan fingerprint density at radius 3 is 1.94 bits per heavy atom. The molecule has 0 saturated carbocycles. The minimum absolute atomic E-state index is 0.0981. The standard InChI is InChI=1S/C24H22F2N4O3/c25-19-8-4-17(5-9-19)23(18-6-10-20(26)11-7-18)28-12-14-29(15-13-28)24(31)27-21-2-1-3-22(16-21)30(32)33/h1-11,16,23H,12-15H2,(H,27,31). The molecule has 0 spiro atoms. The van der Waals surface area contributed by atoms with Crippen molar-refractivity contribution in [2.45, 2.75) is 6.04 Å². The van der Waals surface area contributed by atoms with Gasteiger partial charge in [-0.05, 0) is 41.5 Å². The zero-order valence-corrected chi connectivity index (χ0v) is 17.7. The zero-order chi connectivity index (χ0) is 23.4. The van der Waals surface area contributed by atoms with Gasteiger partial charge in [0.25, 0.3) is 5.69 Å². The van der Waals surface area contributed by atoms with Crippen LogP contribution in [0.15, 0.2) is 72.8 Å². The first-order chi connectivity index (χ1) is 15.9. The highest BCUT2D eigenvalue weighted by molar-refractivity contribution is 5.89. The van der Waals surface area contributed by atoms with Crippen molar-refractivity contribution in [2.24, 2.45) is 0 Å². The minimum atomic E-state index is -0.514. The van der Waals surface area contributed by atoms with Gasteiger partial charge in [0, 0.05) is 44.0 Å². The first kappa shape index (κ1) is 22.3. The predicted molar refractivity (Wildman–Crippen MR) is 120 cm³/mol. The molecule has 1 saturated heterocycles. The quantitative estimate of drug-likeness (QED) is 0.445. The number of benzene rings is 3. The number of piperazine rings is 1. The Balaban J connectivity index is 1.46. The number of non-ortho nitro benzene ring substituents is 1. The number of urea groups is 1. The molecule has 2 amide bonds. The summed E-state index contributed by atoms with van der Waals surface area (Å²) >= 11 is 0. The van der Waals surface area contributed by atoms with Crippen LogP contribution in [0.5, 0.6) is 0 Å². The molecule has 0 radical (unpaired) electrons. The lowest BCUT2D eigenvalue weighted by atomic mass is 9.96. The van der Waals surface area contributed by atoms with Gasteiger partial charge >= 0.3 is 6.03 Å². The molecule has 0 aliphatic carbocycles. The van der Waals surface area contributed by atoms with Gasteiger partial charge in [-0.2, -0.15) is 0 Å². The van der Waals surface area contributed by atoms with E-state index in [0.717, 1.165) is 11.1 Å². The fourth-order valence-electron chi connectivity index (χ4n) is 3.99. The van der Waals surface area contributed by atoms with E-state index >= 15 is 0 Å². The van der Waals surface area contributed by atoms with Crippen LogP contribution in [-0.4, -0.2) is 46.9 Å². The lowest BCUT2D eigenvalue weighted by Gasteiger charge is -2.39. The lowest BCUT2D eigenvalue weighted by molar-refractivity contribution is -0.384. The first-order valence-corrected chi connectivity index (χ1v) is 10.5. The van der Waals surface area contributed by atoms with Crippen LogP contribution in [0.2, 0.25) is 0 Å². The second-order valence-electron chi connectivity index (χ2n) is 7.77. The smallest absolute Gasteiger partial charge is 0.321 e. The highest BCUT2D eigenvalue weighted by Crippen LogP contribution is 2.30. The molecular weight excluding hydrogens is 430 g/mol. The van der Waals surface area contributed by atoms with Crippen molar-refractivity contribution < 1.29 is 18.5 Å². The molecule has 7 nitrogen and oxygen atoms in total. The highest BCUT2D eigenvalue weighted by atomic mass is 19.1. The monoisotopic (exact) mass is 452 g/mol. The van der Waals surface area contributed by atoms with Crippen LogP contribution >= 0.6 is 0 Å². The van der Waals surface area contributed by atoms with Gasteiger partial charge in [0.2, 0.25) is 0 Å². The molecule has 9 heteroatoms. The number of nitro benzene ring substituents is 1. The van der Waals surface area contributed by atoms with Gasteiger partial charge in [0.15, 0.2) is 0 Å². The average Bonchev–Trinajstić information content (AvgIpc) is 2.82. The van der Waals surface area contributed by atoms with E-state index < -0.39 is 4.92 Å². The van der Waals surface area contributed by atoms with Crippen molar-refractivity contribution in [3.8, 4) is 0 Å². The average molecular weight is 452 g/mol. The maximum Gasteiger partial charge on any atom is 0.321 e. The van der Waals surface area contributed by atoms with E-state index in [-0.39, 0.29) is 29.4 Å². The third kappa shape index (κ3) is 5.32. The van der Waals surface area contributed by atoms with Gasteiger partial charge in [-0.15, -0.1) is 0 Å². The van der Waals surface area contributed by atoms with Crippen molar-refractivity contribution in [3.05, 3.63) is 106 Å². The molecule has 1 aliphatic rings. The molecule has 1 aliphatic heterocycles. The molecular formula is C24H22F2N4O3. The molecule has 1 N–H and O–H groups in total. The Labute approximate surface area is 189 Å². The molecule has 1 fully saturated rings. The first-order valence-electron chi connectivity index (χ1n) is 10.5. The zero-order valence-electron chi connectivity index (χ0n) is 17.7. The van der Waals surface area contributed by atoms with Gasteiger partial charge in [-0.3, -0.25) is 15.0 Å². The normalized spacial score (nSPS) is 14.3. The number of carbonyl (C=O) groups excluding carboxylic acids is 1. The van der Waals surface area contributed by atoms with E-state index in [4.69, 9.17) is 0 Å². The van der Waals surface area contributed by atoms with Gasteiger partial charge in [0.1, 0.15) is 11.6 Å². The maximum atomic E-state index is 13.5. The molecule has 0 aromatic heterocycles. The fraction of sp³-hybridized carbons (Fsp3) is 0.208. The fourth-order valence-corrected chi connectivity index (χ4v) is 3.99. The molecule has 170 valence electrons. The Hall–Kier alpha value is -3.85. The van der Waals surface area contributed by atoms with Crippen LogP contribution in [0.4, 0.5) is 25.0 Å². The number of nitrogens with one attached hydrogen (secondary N) is 1. The number of halogens is 2. The van der Waals surface area contributed by atoms with Gasteiger partial charge < -0.3 is 10.2 Å². The highest BCUT2D eigenvalue weighted by Gasteiger charge is 2.28. The molecule has 0 atom stereocenters. The van der Waals surface area contributed by atoms with Crippen molar-refractivity contribution in [1.29, 1.82) is 0 Å². The van der Waals surface area contributed by atoms with Crippen LogP contribution < -0.4 is 5.32 Å². The summed E-state index contributed by atoms with van der Waals surface area (Å²) in [7, 11) is 0. The molecule has 3 aromatic carbocycles. The molecule has 0 bridgehead atoms. The van der Waals surface area contributed by atoms with Crippen LogP contribution in [0.25, 0.3) is 0 Å². The van der Waals surface area contributed by atoms with E-state index in [2.05, 4.69) is 10.2 Å². The van der Waals surface area contributed by atoms with Gasteiger partial charge in [0.05, 0.1) is 11.0 Å². The van der Waals surface area contributed by atoms with E-state index in [1.54, 1.807) is 35.2 Å². The second-order valence-corrected chi connectivity index (χ2v) is 7.77. The topological polar surface area (TPSA) is 78.7 Å². The van der Waals surface area contributed by atoms with Crippen molar-refractivity contribution in [2.75, 3.05) is 31.5 Å². The number of nitro groups is 1. The number of nitrogens with zero attached hydrogens (tertiary/aromatic N) is 3. The second kappa shape index (κ2) is 9.74. The summed E-state index contributed by atoms with van der Waals surface area (Å²) in [6.45, 7) is 1.95. The summed E-state index contributed by atoms with van der Waals surface area (Å²) in [6.07, 6.45) is 0. The predicted octanol–water partition coefficient (Wildman–Crippen LogP) is 4.81. The Morgan fingerprint density at radius 1 is 0.879 bits per heavy atom. The summed E-state index contributed by atoms with van der Waals surface area (Å²) in [4.78, 5) is 26.9. The van der Waals surface area contributed by atoms with Gasteiger partial charge in [-0.1, -0.05) is 30.3 Å². The molecule has 1 heterocycles. The van der Waals surface area contributed by atoms with Gasteiger partial charge in [-0.25, -0.2) is 13.6 Å². The minimum Gasteiger partial charge on any atom is -0.322 e. The molecule has 3 aromatic rings. The molecule has 0 unspecified atom stereocenters. The largest absolute Gasteiger partial charge is 0.322 e. The summed E-state index contributed by atoms with van der Waals surface area (Å²) in [5.41, 5.74) is 2.00. The number of rotatable bonds is 5. The van der Waals surface area contributed by atoms with E-state index in [9.17, 15) is 23.7 Å². The summed E-state index contributed by atoms with van der Waals surface area (Å²) < 4.78 is 27.0. The van der Waals surface area contributed by atoms with E-state index in [1.807, 2.05) is 0 Å². The van der Waals surface area contributed by atoms with Crippen molar-refractivity contribution in [1.82, 2.24) is 9.80 Å². The van der Waals surface area contributed by atoms with E-state index in [0.29, 0.717) is 31.9 Å². The summed E-state index contributed by atoms with van der Waals surface area (Å²) in [5.74, 6) is -0.668. The third-order valence-electron chi connectivity index (χ3n) is 5.65. The maximum absolute atomic E-state index is 13.5. The number of anilines is 1. The number of carbonyl (C=O) groups is 1. The number of hydrogen-bond acceptors (Lipinski definition) is 4. The summed E-state index contributed by atoms with van der Waals surface area (Å²) in [5, 5.41) is 13.7. The third-order valence-corrected chi connectivity index (χ3v) is 5.65. The Kier molecular flexibility index (Phi) is 6.60. The Bertz CT molecular complexity index is 1090. The number of hydrogen-bond donors (Lipinski definition) is 1. The van der Waals surface area contributed by atoms with E-state index in [1.165, 1.54) is 42.5 Å². The van der Waals surface area contributed by atoms with Crippen LogP contribution in [-0.2, 0) is 0 Å². The van der Waals surface area contributed by atoms with Crippen molar-refractivity contribution >= 4 is 17.4 Å². The SMILES string of the molecule is O=C(Nc1cccc([N+](=O)[O-])c1)N1CCN(C(c2ccc(F)cc2)c2ccc(F)cc2)CC1. The van der Waals surface area contributed by atoms with Crippen LogP contribution in [0, 0.1) is 21.7 Å². The lowest BCUT2D eigenvalue weighted by Crippen LogP contribution is -2.51. The van der Waals surface area contributed by atoms with Crippen molar-refractivity contribution in [3.63, 3.8) is 0 Å². The Morgan fingerprint density at radius 2 is 1.42 bits per heavy atom. The molecule has 33 heavy (non-hydrogen) atoms. The summed E-state index contributed by atoms with van der Waals surface area (Å²) in [6, 6.07) is 17.7.